The van der Waals surface area contributed by atoms with Crippen molar-refractivity contribution < 1.29 is 4.79 Å². The van der Waals surface area contributed by atoms with Gasteiger partial charge in [0, 0.05) is 32.1 Å². The number of hydrogen-bond donors (Lipinski definition) is 3. The molecule has 0 aliphatic heterocycles. The van der Waals surface area contributed by atoms with Crippen LogP contribution in [0.5, 0.6) is 0 Å². The molecular formula is C13H30N4O. The molecule has 0 bridgehead atoms. The lowest BCUT2D eigenvalue weighted by Gasteiger charge is -2.31. The van der Waals surface area contributed by atoms with Gasteiger partial charge in [-0.25, -0.2) is 0 Å². The fraction of sp³-hybridized carbons (Fsp3) is 0.923. The molecule has 0 saturated carbocycles. The monoisotopic (exact) mass is 258 g/mol. The molecule has 1 atom stereocenters. The van der Waals surface area contributed by atoms with E-state index in [-0.39, 0.29) is 17.7 Å². The molecule has 0 heterocycles. The average molecular weight is 258 g/mol. The molecule has 0 amide bonds. The molecule has 0 aromatic rings. The fourth-order valence-electron chi connectivity index (χ4n) is 2.13. The maximum Gasteiger partial charge on any atom is 0.152 e. The lowest BCUT2D eigenvalue weighted by molar-refractivity contribution is -0.127. The Labute approximate surface area is 111 Å². The predicted octanol–water partition coefficient (Wildman–Crippen LogP) is -0.0715. The summed E-state index contributed by atoms with van der Waals surface area (Å²) in [7, 11) is 0. The number of hydrogen-bond acceptors (Lipinski definition) is 5. The zero-order chi connectivity index (χ0) is 14.0. The number of unbranched alkanes of at least 4 members (excludes halogenated alkanes) is 1. The van der Waals surface area contributed by atoms with Crippen LogP contribution in [0.2, 0.25) is 0 Å². The van der Waals surface area contributed by atoms with Crippen molar-refractivity contribution >= 4 is 5.78 Å². The summed E-state index contributed by atoms with van der Waals surface area (Å²) in [6, 6.07) is -0.0522. The number of carbonyl (C=O) groups is 1. The number of nitrogens with zero attached hydrogens (tertiary/aromatic N) is 1. The van der Waals surface area contributed by atoms with E-state index in [1.807, 2.05) is 13.8 Å². The van der Waals surface area contributed by atoms with Crippen LogP contribution in [0.15, 0.2) is 0 Å². The summed E-state index contributed by atoms with van der Waals surface area (Å²) >= 11 is 0. The number of carbonyl (C=O) groups excluding carboxylic acids is 1. The molecule has 5 heteroatoms. The molecule has 0 aromatic carbocycles. The highest BCUT2D eigenvalue weighted by molar-refractivity contribution is 5.85. The van der Waals surface area contributed by atoms with Crippen LogP contribution >= 0.6 is 0 Å². The molecule has 6 N–H and O–H groups in total. The second-order valence-electron chi connectivity index (χ2n) is 4.97. The third-order valence-electron chi connectivity index (χ3n) is 3.10. The van der Waals surface area contributed by atoms with Gasteiger partial charge < -0.3 is 17.2 Å². The molecule has 0 saturated heterocycles. The third kappa shape index (κ3) is 6.44. The van der Waals surface area contributed by atoms with Gasteiger partial charge in [-0.1, -0.05) is 20.3 Å². The van der Waals surface area contributed by atoms with Gasteiger partial charge in [0.15, 0.2) is 5.78 Å². The Morgan fingerprint density at radius 3 is 1.94 bits per heavy atom. The van der Waals surface area contributed by atoms with E-state index in [1.54, 1.807) is 0 Å². The van der Waals surface area contributed by atoms with Gasteiger partial charge in [0.1, 0.15) is 0 Å². The van der Waals surface area contributed by atoms with Crippen molar-refractivity contribution in [3.63, 3.8) is 0 Å². The molecule has 0 aliphatic rings. The maximum absolute atomic E-state index is 12.3. The highest BCUT2D eigenvalue weighted by Crippen LogP contribution is 2.14. The summed E-state index contributed by atoms with van der Waals surface area (Å²) in [6.45, 7) is 7.13. The molecular weight excluding hydrogens is 228 g/mol. The number of nitrogens with two attached hydrogens (primary N) is 3. The largest absolute Gasteiger partial charge is 0.330 e. The molecule has 0 aliphatic carbocycles. The second kappa shape index (κ2) is 10.4. The first-order valence-corrected chi connectivity index (χ1v) is 6.96. The van der Waals surface area contributed by atoms with Crippen molar-refractivity contribution in [2.45, 2.75) is 39.2 Å². The molecule has 1 unspecified atom stereocenters. The minimum absolute atomic E-state index is 0.0472. The molecule has 0 aromatic heterocycles. The van der Waals surface area contributed by atoms with Gasteiger partial charge in [-0.2, -0.15) is 0 Å². The number of ketones is 1. The Bertz CT molecular complexity index is 215. The Morgan fingerprint density at radius 1 is 1.00 bits per heavy atom. The summed E-state index contributed by atoms with van der Waals surface area (Å²) in [5.41, 5.74) is 16.7. The van der Waals surface area contributed by atoms with Crippen LogP contribution in [0.3, 0.4) is 0 Å². The van der Waals surface area contributed by atoms with Crippen LogP contribution in [-0.2, 0) is 4.79 Å². The van der Waals surface area contributed by atoms with Gasteiger partial charge >= 0.3 is 0 Å². The van der Waals surface area contributed by atoms with Crippen LogP contribution in [0.25, 0.3) is 0 Å². The third-order valence-corrected chi connectivity index (χ3v) is 3.10. The van der Waals surface area contributed by atoms with Crippen LogP contribution in [-0.4, -0.2) is 49.4 Å². The smallest absolute Gasteiger partial charge is 0.152 e. The average Bonchev–Trinajstić information content (AvgIpc) is 2.34. The Hall–Kier alpha value is -0.490. The van der Waals surface area contributed by atoms with Gasteiger partial charge in [0.25, 0.3) is 0 Å². The quantitative estimate of drug-likeness (QED) is 0.451. The van der Waals surface area contributed by atoms with Crippen molar-refractivity contribution in [1.82, 2.24) is 4.90 Å². The zero-order valence-electron chi connectivity index (χ0n) is 11.9. The summed E-state index contributed by atoms with van der Waals surface area (Å²) < 4.78 is 0. The first-order chi connectivity index (χ1) is 8.58. The summed E-state index contributed by atoms with van der Waals surface area (Å²) in [4.78, 5) is 14.4. The van der Waals surface area contributed by atoms with Crippen LogP contribution in [0, 0.1) is 5.92 Å². The van der Waals surface area contributed by atoms with E-state index < -0.39 is 0 Å². The minimum Gasteiger partial charge on any atom is -0.330 e. The van der Waals surface area contributed by atoms with Crippen molar-refractivity contribution in [1.29, 1.82) is 0 Å². The Morgan fingerprint density at radius 2 is 1.56 bits per heavy atom. The zero-order valence-corrected chi connectivity index (χ0v) is 11.9. The Kier molecular flexibility index (Phi) is 10.2. The highest BCUT2D eigenvalue weighted by atomic mass is 16.1. The highest BCUT2D eigenvalue weighted by Gasteiger charge is 2.26. The SMILES string of the molecule is CC(C)C(=O)C(CCCCN)N(CCN)CCN. The summed E-state index contributed by atoms with van der Waals surface area (Å²) in [5, 5.41) is 0. The molecule has 0 fully saturated rings. The molecule has 18 heavy (non-hydrogen) atoms. The maximum atomic E-state index is 12.3. The van der Waals surface area contributed by atoms with E-state index in [0.717, 1.165) is 32.4 Å². The first-order valence-electron chi connectivity index (χ1n) is 6.96. The van der Waals surface area contributed by atoms with Crippen LogP contribution in [0.4, 0.5) is 0 Å². The van der Waals surface area contributed by atoms with Crippen molar-refractivity contribution in [3.8, 4) is 0 Å². The van der Waals surface area contributed by atoms with Gasteiger partial charge in [0.2, 0.25) is 0 Å². The van der Waals surface area contributed by atoms with Crippen molar-refractivity contribution in [2.24, 2.45) is 23.1 Å². The molecule has 5 nitrogen and oxygen atoms in total. The number of Topliss-reactive ketones (excluding diaryl/α,β-unsaturated/α-hetero) is 1. The lowest BCUT2D eigenvalue weighted by Crippen LogP contribution is -2.47. The van der Waals surface area contributed by atoms with Crippen LogP contribution in [0.1, 0.15) is 33.1 Å². The van der Waals surface area contributed by atoms with Crippen molar-refractivity contribution in [3.05, 3.63) is 0 Å². The van der Waals surface area contributed by atoms with Crippen molar-refractivity contribution in [2.75, 3.05) is 32.7 Å². The van der Waals surface area contributed by atoms with Gasteiger partial charge in [0.05, 0.1) is 6.04 Å². The fourth-order valence-corrected chi connectivity index (χ4v) is 2.13. The van der Waals surface area contributed by atoms with Gasteiger partial charge in [-0.3, -0.25) is 9.69 Å². The summed E-state index contributed by atoms with van der Waals surface area (Å²) in [5.74, 6) is 0.333. The van der Waals surface area contributed by atoms with Gasteiger partial charge in [-0.15, -0.1) is 0 Å². The predicted molar refractivity (Wildman–Crippen MR) is 76.2 cm³/mol. The molecule has 0 rings (SSSR count). The lowest BCUT2D eigenvalue weighted by atomic mass is 9.95. The standard InChI is InChI=1S/C13H30N4O/c1-11(2)13(18)12(5-3-4-6-14)17(9-7-15)10-8-16/h11-12H,3-10,14-16H2,1-2H3. The van der Waals surface area contributed by atoms with E-state index >= 15 is 0 Å². The molecule has 0 spiro atoms. The van der Waals surface area contributed by atoms with E-state index in [1.165, 1.54) is 0 Å². The van der Waals surface area contributed by atoms with Gasteiger partial charge in [-0.05, 0) is 19.4 Å². The first kappa shape index (κ1) is 17.5. The van der Waals surface area contributed by atoms with E-state index in [0.29, 0.717) is 19.6 Å². The minimum atomic E-state index is -0.0522. The van der Waals surface area contributed by atoms with E-state index in [4.69, 9.17) is 17.2 Å². The Balaban J connectivity index is 4.62. The molecule has 0 radical (unpaired) electrons. The van der Waals surface area contributed by atoms with E-state index in [9.17, 15) is 4.79 Å². The normalized spacial score (nSPS) is 13.3. The summed E-state index contributed by atoms with van der Waals surface area (Å²) in [6.07, 6.45) is 2.79. The van der Waals surface area contributed by atoms with E-state index in [2.05, 4.69) is 4.90 Å². The van der Waals surface area contributed by atoms with Crippen LogP contribution < -0.4 is 17.2 Å². The topological polar surface area (TPSA) is 98.4 Å². The number of rotatable bonds is 11. The second-order valence-corrected chi connectivity index (χ2v) is 4.97. The molecule has 108 valence electrons.